The molecule has 2 rings (SSSR count). The van der Waals surface area contributed by atoms with Gasteiger partial charge in [0.1, 0.15) is 5.69 Å². The maximum atomic E-state index is 11.9. The molecule has 0 aliphatic rings. The standard InChI is InChI=1S/C16H21N3O4/c1-5-22-16(20)15-14(17-19-18-15)11-6-7-12(13(8-11)21-4)23-9-10(2)3/h6-8,10H,5,9H2,1-4H3,(H,17,18,19). The molecule has 2 aromatic rings. The van der Waals surface area contributed by atoms with Gasteiger partial charge < -0.3 is 14.2 Å². The molecular formula is C16H21N3O4. The Morgan fingerprint density at radius 3 is 2.70 bits per heavy atom. The highest BCUT2D eigenvalue weighted by Crippen LogP contribution is 2.33. The highest BCUT2D eigenvalue weighted by molar-refractivity contribution is 5.94. The Morgan fingerprint density at radius 2 is 2.04 bits per heavy atom. The number of carbonyl (C=O) groups excluding carboxylic acids is 1. The minimum absolute atomic E-state index is 0.143. The number of benzene rings is 1. The van der Waals surface area contributed by atoms with Gasteiger partial charge in [0.2, 0.25) is 0 Å². The number of carbonyl (C=O) groups is 1. The SMILES string of the molecule is CCOC(=O)c1n[nH]nc1-c1ccc(OCC(C)C)c(OC)c1. The zero-order valence-corrected chi connectivity index (χ0v) is 13.8. The van der Waals surface area contributed by atoms with Crippen molar-refractivity contribution in [1.29, 1.82) is 0 Å². The number of hydrogen-bond donors (Lipinski definition) is 1. The van der Waals surface area contributed by atoms with E-state index in [1.165, 1.54) is 0 Å². The summed E-state index contributed by atoms with van der Waals surface area (Å²) in [5.74, 6) is 1.10. The van der Waals surface area contributed by atoms with Crippen molar-refractivity contribution in [2.24, 2.45) is 5.92 Å². The van der Waals surface area contributed by atoms with E-state index < -0.39 is 5.97 Å². The second kappa shape index (κ2) is 7.62. The third-order valence-corrected chi connectivity index (χ3v) is 3.03. The summed E-state index contributed by atoms with van der Waals surface area (Å²) in [5, 5.41) is 10.4. The van der Waals surface area contributed by atoms with Crippen LogP contribution in [0.25, 0.3) is 11.3 Å². The van der Waals surface area contributed by atoms with Crippen LogP contribution in [-0.4, -0.2) is 41.7 Å². The predicted octanol–water partition coefficient (Wildman–Crippen LogP) is 2.69. The molecule has 7 nitrogen and oxygen atoms in total. The van der Waals surface area contributed by atoms with Gasteiger partial charge in [-0.1, -0.05) is 13.8 Å². The number of H-pyrrole nitrogens is 1. The first kappa shape index (κ1) is 16.8. The zero-order chi connectivity index (χ0) is 16.8. The highest BCUT2D eigenvalue weighted by atomic mass is 16.5. The molecule has 1 aromatic heterocycles. The number of aromatic amines is 1. The van der Waals surface area contributed by atoms with Crippen molar-refractivity contribution < 1.29 is 19.0 Å². The van der Waals surface area contributed by atoms with Crippen LogP contribution in [0.5, 0.6) is 11.5 Å². The van der Waals surface area contributed by atoms with E-state index in [2.05, 4.69) is 29.3 Å². The number of nitrogens with one attached hydrogen (secondary N) is 1. The van der Waals surface area contributed by atoms with Gasteiger partial charge in [0, 0.05) is 5.56 Å². The largest absolute Gasteiger partial charge is 0.493 e. The quantitative estimate of drug-likeness (QED) is 0.790. The first-order chi connectivity index (χ1) is 11.1. The maximum Gasteiger partial charge on any atom is 0.361 e. The average Bonchev–Trinajstić information content (AvgIpc) is 3.02. The molecule has 0 fully saturated rings. The number of nitrogens with zero attached hydrogens (tertiary/aromatic N) is 2. The van der Waals surface area contributed by atoms with Crippen LogP contribution in [-0.2, 0) is 4.74 Å². The lowest BCUT2D eigenvalue weighted by Crippen LogP contribution is -2.07. The molecule has 124 valence electrons. The Labute approximate surface area is 134 Å². The number of rotatable bonds is 7. The van der Waals surface area contributed by atoms with Crippen molar-refractivity contribution in [3.05, 3.63) is 23.9 Å². The van der Waals surface area contributed by atoms with Crippen LogP contribution < -0.4 is 9.47 Å². The fourth-order valence-electron chi connectivity index (χ4n) is 1.96. The van der Waals surface area contributed by atoms with E-state index in [0.29, 0.717) is 35.3 Å². The van der Waals surface area contributed by atoms with Crippen molar-refractivity contribution in [1.82, 2.24) is 15.4 Å². The number of aromatic nitrogens is 3. The van der Waals surface area contributed by atoms with Crippen LogP contribution >= 0.6 is 0 Å². The molecule has 7 heteroatoms. The summed E-state index contributed by atoms with van der Waals surface area (Å²) in [4.78, 5) is 11.9. The Balaban J connectivity index is 2.31. The lowest BCUT2D eigenvalue weighted by molar-refractivity contribution is 0.0520. The van der Waals surface area contributed by atoms with Gasteiger partial charge in [-0.25, -0.2) is 4.79 Å². The molecule has 1 N–H and O–H groups in total. The Hall–Kier alpha value is -2.57. The van der Waals surface area contributed by atoms with Crippen LogP contribution in [0, 0.1) is 5.92 Å². The van der Waals surface area contributed by atoms with Gasteiger partial charge in [0.05, 0.1) is 20.3 Å². The minimum atomic E-state index is -0.518. The van der Waals surface area contributed by atoms with Crippen molar-refractivity contribution >= 4 is 5.97 Å². The van der Waals surface area contributed by atoms with Gasteiger partial charge in [-0.15, -0.1) is 5.10 Å². The van der Waals surface area contributed by atoms with Gasteiger partial charge in [0.15, 0.2) is 17.2 Å². The first-order valence-electron chi connectivity index (χ1n) is 7.45. The van der Waals surface area contributed by atoms with E-state index in [1.807, 2.05) is 0 Å². The van der Waals surface area contributed by atoms with Crippen molar-refractivity contribution in [3.63, 3.8) is 0 Å². The summed E-state index contributed by atoms with van der Waals surface area (Å²) in [6.07, 6.45) is 0. The van der Waals surface area contributed by atoms with E-state index in [1.54, 1.807) is 32.2 Å². The summed E-state index contributed by atoms with van der Waals surface area (Å²) < 4.78 is 16.1. The van der Waals surface area contributed by atoms with E-state index in [9.17, 15) is 4.79 Å². The molecule has 0 unspecified atom stereocenters. The number of hydrogen-bond acceptors (Lipinski definition) is 6. The molecule has 23 heavy (non-hydrogen) atoms. The normalized spacial score (nSPS) is 10.7. The third-order valence-electron chi connectivity index (χ3n) is 3.03. The van der Waals surface area contributed by atoms with E-state index in [4.69, 9.17) is 14.2 Å². The molecule has 0 saturated carbocycles. The molecule has 0 amide bonds. The van der Waals surface area contributed by atoms with E-state index in [0.717, 1.165) is 0 Å². The molecule has 0 spiro atoms. The summed E-state index contributed by atoms with van der Waals surface area (Å²) in [7, 11) is 1.57. The minimum Gasteiger partial charge on any atom is -0.493 e. The summed E-state index contributed by atoms with van der Waals surface area (Å²) in [5.41, 5.74) is 1.25. The van der Waals surface area contributed by atoms with Crippen LogP contribution in [0.1, 0.15) is 31.3 Å². The lowest BCUT2D eigenvalue weighted by atomic mass is 10.1. The van der Waals surface area contributed by atoms with Crippen molar-refractivity contribution in [3.8, 4) is 22.8 Å². The Bertz CT molecular complexity index is 667. The fourth-order valence-corrected chi connectivity index (χ4v) is 1.96. The lowest BCUT2D eigenvalue weighted by Gasteiger charge is -2.13. The molecular weight excluding hydrogens is 298 g/mol. The van der Waals surface area contributed by atoms with Gasteiger partial charge >= 0.3 is 5.97 Å². The summed E-state index contributed by atoms with van der Waals surface area (Å²) in [6.45, 7) is 6.75. The molecule has 0 bridgehead atoms. The van der Waals surface area contributed by atoms with Gasteiger partial charge in [-0.05, 0) is 31.0 Å². The Kier molecular flexibility index (Phi) is 5.56. The molecule has 1 heterocycles. The number of methoxy groups -OCH3 is 1. The van der Waals surface area contributed by atoms with Gasteiger partial charge in [0.25, 0.3) is 0 Å². The van der Waals surface area contributed by atoms with Crippen LogP contribution in [0.2, 0.25) is 0 Å². The van der Waals surface area contributed by atoms with E-state index in [-0.39, 0.29) is 12.3 Å². The molecule has 0 aliphatic carbocycles. The maximum absolute atomic E-state index is 11.9. The molecule has 1 aromatic carbocycles. The average molecular weight is 319 g/mol. The second-order valence-corrected chi connectivity index (χ2v) is 5.31. The van der Waals surface area contributed by atoms with Crippen LogP contribution in [0.3, 0.4) is 0 Å². The predicted molar refractivity (Wildman–Crippen MR) is 84.7 cm³/mol. The van der Waals surface area contributed by atoms with Crippen molar-refractivity contribution in [2.75, 3.05) is 20.3 Å². The van der Waals surface area contributed by atoms with Crippen LogP contribution in [0.4, 0.5) is 0 Å². The fraction of sp³-hybridized carbons (Fsp3) is 0.438. The first-order valence-corrected chi connectivity index (χ1v) is 7.45. The highest BCUT2D eigenvalue weighted by Gasteiger charge is 2.20. The van der Waals surface area contributed by atoms with Gasteiger partial charge in [-0.2, -0.15) is 10.3 Å². The monoisotopic (exact) mass is 319 g/mol. The number of esters is 1. The second-order valence-electron chi connectivity index (χ2n) is 5.31. The smallest absolute Gasteiger partial charge is 0.361 e. The van der Waals surface area contributed by atoms with Gasteiger partial charge in [-0.3, -0.25) is 0 Å². The molecule has 0 aliphatic heterocycles. The zero-order valence-electron chi connectivity index (χ0n) is 13.8. The number of ether oxygens (including phenoxy) is 3. The third kappa shape index (κ3) is 4.00. The molecule has 0 saturated heterocycles. The molecule has 0 radical (unpaired) electrons. The summed E-state index contributed by atoms with van der Waals surface area (Å²) in [6, 6.07) is 5.36. The van der Waals surface area contributed by atoms with Crippen molar-refractivity contribution in [2.45, 2.75) is 20.8 Å². The van der Waals surface area contributed by atoms with E-state index >= 15 is 0 Å². The summed E-state index contributed by atoms with van der Waals surface area (Å²) >= 11 is 0. The topological polar surface area (TPSA) is 86.3 Å². The molecule has 0 atom stereocenters. The Morgan fingerprint density at radius 1 is 1.26 bits per heavy atom. The van der Waals surface area contributed by atoms with Crippen LogP contribution in [0.15, 0.2) is 18.2 Å².